The van der Waals surface area contributed by atoms with E-state index < -0.39 is 5.54 Å². The van der Waals surface area contributed by atoms with E-state index in [2.05, 4.69) is 10.4 Å². The summed E-state index contributed by atoms with van der Waals surface area (Å²) in [5, 5.41) is 6.92. The number of aromatic nitrogens is 2. The quantitative estimate of drug-likeness (QED) is 0.820. The van der Waals surface area contributed by atoms with Gasteiger partial charge in [-0.3, -0.25) is 9.48 Å². The minimum atomic E-state index is -0.581. The Balaban J connectivity index is 1.75. The van der Waals surface area contributed by atoms with Crippen molar-refractivity contribution in [1.82, 2.24) is 15.1 Å². The monoisotopic (exact) mass is 316 g/mol. The number of carbonyl (C=O) groups excluding carboxylic acids is 1. The Morgan fingerprint density at radius 1 is 1.43 bits per heavy atom. The third-order valence-electron chi connectivity index (χ3n) is 3.26. The lowest BCUT2D eigenvalue weighted by Gasteiger charge is -2.24. The summed E-state index contributed by atoms with van der Waals surface area (Å²) < 4.78 is 14.5. The zero-order valence-electron chi connectivity index (χ0n) is 13.1. The molecule has 1 amide bonds. The van der Waals surface area contributed by atoms with Crippen LogP contribution in [0, 0.1) is 5.82 Å². The number of benzene rings is 1. The number of hydrogen-bond donors (Lipinski definition) is 2. The number of nitrogens with one attached hydrogen (secondary N) is 1. The summed E-state index contributed by atoms with van der Waals surface area (Å²) in [5.41, 5.74) is 6.43. The normalized spacial score (nSPS) is 13.9. The van der Waals surface area contributed by atoms with Gasteiger partial charge in [0.25, 0.3) is 0 Å². The first-order valence-corrected chi connectivity index (χ1v) is 7.40. The molecular weight excluding hydrogens is 295 g/mol. The SMILES string of the molecule is CC(N)(CNC(=O)C/C=C/c1ccc(F)cc1)Cn1cccn1. The fraction of sp³-hybridized carbons (Fsp3) is 0.294. The lowest BCUT2D eigenvalue weighted by molar-refractivity contribution is -0.120. The van der Waals surface area contributed by atoms with Gasteiger partial charge < -0.3 is 11.1 Å². The molecule has 0 saturated heterocycles. The third-order valence-corrected chi connectivity index (χ3v) is 3.26. The van der Waals surface area contributed by atoms with Gasteiger partial charge in [0.2, 0.25) is 5.91 Å². The maximum atomic E-state index is 12.8. The third kappa shape index (κ3) is 6.04. The van der Waals surface area contributed by atoms with Crippen LogP contribution in [0.1, 0.15) is 18.9 Å². The smallest absolute Gasteiger partial charge is 0.223 e. The lowest BCUT2D eigenvalue weighted by Crippen LogP contribution is -2.50. The summed E-state index contributed by atoms with van der Waals surface area (Å²) in [6.45, 7) is 2.74. The van der Waals surface area contributed by atoms with Gasteiger partial charge in [-0.1, -0.05) is 24.3 Å². The standard InChI is InChI=1S/C17H21FN4O/c1-17(19,13-22-11-3-10-21-22)12-20-16(23)5-2-4-14-6-8-15(18)9-7-14/h2-4,6-11H,5,12-13,19H2,1H3,(H,20,23)/b4-2+. The van der Waals surface area contributed by atoms with E-state index in [0.717, 1.165) is 5.56 Å². The number of halogens is 1. The van der Waals surface area contributed by atoms with E-state index in [1.807, 2.05) is 19.2 Å². The number of nitrogens with two attached hydrogens (primary N) is 1. The van der Waals surface area contributed by atoms with Crippen LogP contribution in [0.25, 0.3) is 6.08 Å². The van der Waals surface area contributed by atoms with Gasteiger partial charge in [-0.2, -0.15) is 5.10 Å². The van der Waals surface area contributed by atoms with Crippen molar-refractivity contribution in [3.63, 3.8) is 0 Å². The Labute approximate surface area is 135 Å². The molecule has 5 nitrogen and oxygen atoms in total. The summed E-state index contributed by atoms with van der Waals surface area (Å²) in [6, 6.07) is 7.91. The Hall–Kier alpha value is -2.47. The molecule has 0 fully saturated rings. The predicted octanol–water partition coefficient (Wildman–Crippen LogP) is 1.96. The van der Waals surface area contributed by atoms with Crippen molar-refractivity contribution in [2.75, 3.05) is 6.54 Å². The topological polar surface area (TPSA) is 72.9 Å². The van der Waals surface area contributed by atoms with Crippen LogP contribution in [0.4, 0.5) is 4.39 Å². The largest absolute Gasteiger partial charge is 0.354 e. The van der Waals surface area contributed by atoms with Crippen molar-refractivity contribution in [3.8, 4) is 0 Å². The second-order valence-electron chi connectivity index (χ2n) is 5.79. The van der Waals surface area contributed by atoms with Gasteiger partial charge in [-0.15, -0.1) is 0 Å². The van der Waals surface area contributed by atoms with E-state index in [0.29, 0.717) is 13.1 Å². The second-order valence-corrected chi connectivity index (χ2v) is 5.79. The van der Waals surface area contributed by atoms with Crippen LogP contribution in [0.15, 0.2) is 48.8 Å². The summed E-state index contributed by atoms with van der Waals surface area (Å²) >= 11 is 0. The summed E-state index contributed by atoms with van der Waals surface area (Å²) in [6.07, 6.45) is 7.29. The lowest BCUT2D eigenvalue weighted by atomic mass is 10.0. The van der Waals surface area contributed by atoms with Crippen molar-refractivity contribution in [1.29, 1.82) is 0 Å². The molecule has 0 aliphatic carbocycles. The Morgan fingerprint density at radius 3 is 2.83 bits per heavy atom. The fourth-order valence-corrected chi connectivity index (χ4v) is 2.07. The highest BCUT2D eigenvalue weighted by atomic mass is 19.1. The molecular formula is C17H21FN4O. The molecule has 23 heavy (non-hydrogen) atoms. The molecule has 2 aromatic rings. The zero-order chi connectivity index (χ0) is 16.7. The molecule has 1 atom stereocenters. The first-order chi connectivity index (χ1) is 10.9. The maximum absolute atomic E-state index is 12.8. The zero-order valence-corrected chi connectivity index (χ0v) is 13.1. The van der Waals surface area contributed by atoms with Crippen LogP contribution < -0.4 is 11.1 Å². The average molecular weight is 316 g/mol. The highest BCUT2D eigenvalue weighted by Crippen LogP contribution is 2.05. The van der Waals surface area contributed by atoms with Gasteiger partial charge >= 0.3 is 0 Å². The molecule has 1 unspecified atom stereocenters. The van der Waals surface area contributed by atoms with Crippen molar-refractivity contribution < 1.29 is 9.18 Å². The van der Waals surface area contributed by atoms with Crippen LogP contribution in [0.2, 0.25) is 0 Å². The Kier molecular flexibility index (Phi) is 5.65. The molecule has 0 radical (unpaired) electrons. The van der Waals surface area contributed by atoms with Gasteiger partial charge in [0.15, 0.2) is 0 Å². The second kappa shape index (κ2) is 7.69. The molecule has 0 bridgehead atoms. The molecule has 0 aliphatic rings. The van der Waals surface area contributed by atoms with Crippen molar-refractivity contribution in [2.24, 2.45) is 5.73 Å². The molecule has 0 aliphatic heterocycles. The molecule has 1 heterocycles. The molecule has 2 rings (SSSR count). The minimum Gasteiger partial charge on any atom is -0.354 e. The molecule has 1 aromatic heterocycles. The minimum absolute atomic E-state index is 0.111. The van der Waals surface area contributed by atoms with Gasteiger partial charge in [0.1, 0.15) is 5.82 Å². The van der Waals surface area contributed by atoms with Crippen LogP contribution in [0.5, 0.6) is 0 Å². The molecule has 0 spiro atoms. The number of carbonyl (C=O) groups is 1. The highest BCUT2D eigenvalue weighted by Gasteiger charge is 2.20. The van der Waals surface area contributed by atoms with Gasteiger partial charge in [-0.05, 0) is 30.7 Å². The van der Waals surface area contributed by atoms with Gasteiger partial charge in [-0.25, -0.2) is 4.39 Å². The molecule has 1 aromatic carbocycles. The van der Waals surface area contributed by atoms with Crippen molar-refractivity contribution in [2.45, 2.75) is 25.4 Å². The van der Waals surface area contributed by atoms with Crippen molar-refractivity contribution in [3.05, 3.63) is 60.2 Å². The molecule has 122 valence electrons. The number of amides is 1. The Bertz CT molecular complexity index is 648. The molecule has 6 heteroatoms. The average Bonchev–Trinajstić information content (AvgIpc) is 2.99. The van der Waals surface area contributed by atoms with Crippen LogP contribution >= 0.6 is 0 Å². The highest BCUT2D eigenvalue weighted by molar-refractivity contribution is 5.78. The van der Waals surface area contributed by atoms with E-state index >= 15 is 0 Å². The molecule has 3 N–H and O–H groups in total. The summed E-state index contributed by atoms with van der Waals surface area (Å²) in [7, 11) is 0. The predicted molar refractivity (Wildman–Crippen MR) is 87.9 cm³/mol. The summed E-state index contributed by atoms with van der Waals surface area (Å²) in [4.78, 5) is 11.8. The first kappa shape index (κ1) is 16.9. The van der Waals surface area contributed by atoms with Crippen molar-refractivity contribution >= 4 is 12.0 Å². The van der Waals surface area contributed by atoms with E-state index in [9.17, 15) is 9.18 Å². The fourth-order valence-electron chi connectivity index (χ4n) is 2.07. The Morgan fingerprint density at radius 2 is 2.17 bits per heavy atom. The molecule has 0 saturated carbocycles. The van der Waals surface area contributed by atoms with Gasteiger partial charge in [0.05, 0.1) is 12.1 Å². The van der Waals surface area contributed by atoms with E-state index in [1.165, 1.54) is 12.1 Å². The van der Waals surface area contributed by atoms with Gasteiger partial charge in [0, 0.05) is 25.4 Å². The van der Waals surface area contributed by atoms with Crippen LogP contribution in [-0.4, -0.2) is 27.8 Å². The number of rotatable bonds is 7. The van der Waals surface area contributed by atoms with E-state index in [1.54, 1.807) is 35.2 Å². The van der Waals surface area contributed by atoms with E-state index in [4.69, 9.17) is 5.73 Å². The first-order valence-electron chi connectivity index (χ1n) is 7.40. The number of hydrogen-bond acceptors (Lipinski definition) is 3. The van der Waals surface area contributed by atoms with E-state index in [-0.39, 0.29) is 18.1 Å². The maximum Gasteiger partial charge on any atom is 0.223 e. The van der Waals surface area contributed by atoms with Crippen LogP contribution in [0.3, 0.4) is 0 Å². The van der Waals surface area contributed by atoms with Crippen LogP contribution in [-0.2, 0) is 11.3 Å². The number of nitrogens with zero attached hydrogens (tertiary/aromatic N) is 2. The summed E-state index contributed by atoms with van der Waals surface area (Å²) in [5.74, 6) is -0.389.